The highest BCUT2D eigenvalue weighted by Gasteiger charge is 2.18. The molecule has 0 saturated heterocycles. The van der Waals surface area contributed by atoms with Crippen LogP contribution >= 0.6 is 0 Å². The van der Waals surface area contributed by atoms with Crippen LogP contribution in [0.3, 0.4) is 0 Å². The average molecular weight is 248 g/mol. The summed E-state index contributed by atoms with van der Waals surface area (Å²) in [6.45, 7) is 0. The molecule has 1 N–H and O–H groups in total. The number of esters is 1. The summed E-state index contributed by atoms with van der Waals surface area (Å²) in [7, 11) is 0. The van der Waals surface area contributed by atoms with Gasteiger partial charge in [0.05, 0.1) is 11.1 Å². The second-order valence-corrected chi connectivity index (χ2v) is 4.55. The summed E-state index contributed by atoms with van der Waals surface area (Å²) < 4.78 is 5.39. The topological polar surface area (TPSA) is 63.6 Å². The van der Waals surface area contributed by atoms with Crippen LogP contribution in [-0.2, 0) is 4.74 Å². The lowest BCUT2D eigenvalue weighted by Gasteiger charge is -2.21. The fraction of sp³-hybridized carbons (Fsp3) is 0.429. The Morgan fingerprint density at radius 1 is 1.00 bits per heavy atom. The number of rotatable bonds is 3. The molecule has 1 aromatic carbocycles. The van der Waals surface area contributed by atoms with Crippen LogP contribution in [0.25, 0.3) is 0 Å². The highest BCUT2D eigenvalue weighted by Crippen LogP contribution is 2.21. The van der Waals surface area contributed by atoms with Gasteiger partial charge in [0, 0.05) is 0 Å². The first-order valence-electron chi connectivity index (χ1n) is 6.21. The number of carboxylic acids is 1. The number of carboxylic acid groups (broad SMARTS) is 1. The fourth-order valence-corrected chi connectivity index (χ4v) is 2.15. The van der Waals surface area contributed by atoms with Gasteiger partial charge in [-0.05, 0) is 49.9 Å². The Balaban J connectivity index is 1.97. The molecule has 4 nitrogen and oxygen atoms in total. The summed E-state index contributed by atoms with van der Waals surface area (Å²) in [6.07, 6.45) is 5.30. The lowest BCUT2D eigenvalue weighted by atomic mass is 9.98. The third kappa shape index (κ3) is 3.09. The van der Waals surface area contributed by atoms with Crippen molar-refractivity contribution in [1.82, 2.24) is 0 Å². The van der Waals surface area contributed by atoms with E-state index in [0.717, 1.165) is 25.7 Å². The van der Waals surface area contributed by atoms with Crippen molar-refractivity contribution in [2.24, 2.45) is 0 Å². The van der Waals surface area contributed by atoms with E-state index in [9.17, 15) is 9.59 Å². The number of aromatic carboxylic acids is 1. The molecule has 1 aromatic rings. The molecule has 96 valence electrons. The number of hydrogen-bond donors (Lipinski definition) is 1. The number of benzene rings is 1. The van der Waals surface area contributed by atoms with Gasteiger partial charge < -0.3 is 9.84 Å². The summed E-state index contributed by atoms with van der Waals surface area (Å²) in [5.74, 6) is -1.36. The van der Waals surface area contributed by atoms with Crippen LogP contribution < -0.4 is 0 Å². The van der Waals surface area contributed by atoms with E-state index in [1.54, 1.807) is 0 Å². The third-order valence-corrected chi connectivity index (χ3v) is 3.19. The van der Waals surface area contributed by atoms with E-state index >= 15 is 0 Å². The average Bonchev–Trinajstić information content (AvgIpc) is 2.40. The van der Waals surface area contributed by atoms with Crippen molar-refractivity contribution >= 4 is 11.9 Å². The summed E-state index contributed by atoms with van der Waals surface area (Å²) in [4.78, 5) is 22.5. The minimum atomic E-state index is -0.998. The van der Waals surface area contributed by atoms with Crippen LogP contribution in [0.1, 0.15) is 52.8 Å². The Kier molecular flexibility index (Phi) is 3.97. The second kappa shape index (κ2) is 5.67. The standard InChI is InChI=1S/C14H16O4/c15-13(16)10-6-8-11(9-7-10)14(17)18-12-4-2-1-3-5-12/h6-9,12H,1-5H2,(H,15,16). The van der Waals surface area contributed by atoms with Crippen molar-refractivity contribution in [3.8, 4) is 0 Å². The molecular formula is C14H16O4. The maximum Gasteiger partial charge on any atom is 0.338 e. The largest absolute Gasteiger partial charge is 0.478 e. The highest BCUT2D eigenvalue weighted by atomic mass is 16.5. The van der Waals surface area contributed by atoms with E-state index < -0.39 is 5.97 Å². The molecule has 18 heavy (non-hydrogen) atoms. The molecule has 4 heteroatoms. The molecule has 0 amide bonds. The fourth-order valence-electron chi connectivity index (χ4n) is 2.15. The maximum absolute atomic E-state index is 11.8. The quantitative estimate of drug-likeness (QED) is 0.835. The Hall–Kier alpha value is -1.84. The molecule has 0 aliphatic heterocycles. The van der Waals surface area contributed by atoms with Crippen LogP contribution in [0.4, 0.5) is 0 Å². The molecule has 1 aliphatic rings. The van der Waals surface area contributed by atoms with Gasteiger partial charge in [-0.1, -0.05) is 6.42 Å². The van der Waals surface area contributed by atoms with Crippen LogP contribution in [-0.4, -0.2) is 23.1 Å². The first-order valence-corrected chi connectivity index (χ1v) is 6.21. The molecular weight excluding hydrogens is 232 g/mol. The molecule has 0 spiro atoms. The zero-order valence-corrected chi connectivity index (χ0v) is 10.1. The predicted molar refractivity (Wildman–Crippen MR) is 65.7 cm³/mol. The summed E-state index contributed by atoms with van der Waals surface area (Å²) in [5, 5.41) is 8.76. The van der Waals surface area contributed by atoms with Crippen LogP contribution in [0, 0.1) is 0 Å². The Labute approximate surface area is 106 Å². The van der Waals surface area contributed by atoms with Crippen LogP contribution in [0.2, 0.25) is 0 Å². The molecule has 0 radical (unpaired) electrons. The van der Waals surface area contributed by atoms with Gasteiger partial charge >= 0.3 is 11.9 Å². The number of hydrogen-bond acceptors (Lipinski definition) is 3. The molecule has 1 saturated carbocycles. The molecule has 0 bridgehead atoms. The zero-order chi connectivity index (χ0) is 13.0. The summed E-state index contributed by atoms with van der Waals surface area (Å²) in [6, 6.07) is 5.82. The van der Waals surface area contributed by atoms with E-state index in [1.165, 1.54) is 30.7 Å². The van der Waals surface area contributed by atoms with Crippen molar-refractivity contribution in [3.05, 3.63) is 35.4 Å². The minimum absolute atomic E-state index is 0.0189. The molecule has 0 atom stereocenters. The maximum atomic E-state index is 11.8. The van der Waals surface area contributed by atoms with E-state index in [1.807, 2.05) is 0 Å². The molecule has 1 fully saturated rings. The normalized spacial score (nSPS) is 16.2. The van der Waals surface area contributed by atoms with Crippen LogP contribution in [0.5, 0.6) is 0 Å². The molecule has 0 aromatic heterocycles. The van der Waals surface area contributed by atoms with Gasteiger partial charge in [-0.15, -0.1) is 0 Å². The van der Waals surface area contributed by atoms with Gasteiger partial charge in [0.25, 0.3) is 0 Å². The van der Waals surface area contributed by atoms with Gasteiger partial charge in [0.15, 0.2) is 0 Å². The van der Waals surface area contributed by atoms with Crippen LogP contribution in [0.15, 0.2) is 24.3 Å². The number of carbonyl (C=O) groups is 2. The van der Waals surface area contributed by atoms with Gasteiger partial charge in [-0.25, -0.2) is 9.59 Å². The molecule has 1 aliphatic carbocycles. The molecule has 0 heterocycles. The van der Waals surface area contributed by atoms with Crippen molar-refractivity contribution in [2.75, 3.05) is 0 Å². The monoisotopic (exact) mass is 248 g/mol. The van der Waals surface area contributed by atoms with Gasteiger partial charge in [0.1, 0.15) is 6.10 Å². The van der Waals surface area contributed by atoms with Crippen molar-refractivity contribution in [3.63, 3.8) is 0 Å². The van der Waals surface area contributed by atoms with E-state index in [0.29, 0.717) is 5.56 Å². The smallest absolute Gasteiger partial charge is 0.338 e. The van der Waals surface area contributed by atoms with Crippen molar-refractivity contribution in [1.29, 1.82) is 0 Å². The minimum Gasteiger partial charge on any atom is -0.478 e. The molecule has 2 rings (SSSR count). The third-order valence-electron chi connectivity index (χ3n) is 3.19. The van der Waals surface area contributed by atoms with E-state index in [4.69, 9.17) is 9.84 Å². The zero-order valence-electron chi connectivity index (χ0n) is 10.1. The highest BCUT2D eigenvalue weighted by molar-refractivity contribution is 5.92. The summed E-state index contributed by atoms with van der Waals surface area (Å²) in [5.41, 5.74) is 0.579. The molecule has 0 unspecified atom stereocenters. The Bertz CT molecular complexity index is 430. The Morgan fingerprint density at radius 2 is 1.56 bits per heavy atom. The number of ether oxygens (including phenoxy) is 1. The number of carbonyl (C=O) groups excluding carboxylic acids is 1. The lowest BCUT2D eigenvalue weighted by molar-refractivity contribution is 0.0210. The van der Waals surface area contributed by atoms with Gasteiger partial charge in [-0.2, -0.15) is 0 Å². The van der Waals surface area contributed by atoms with Gasteiger partial charge in [0.2, 0.25) is 0 Å². The lowest BCUT2D eigenvalue weighted by Crippen LogP contribution is -2.20. The van der Waals surface area contributed by atoms with Crippen molar-refractivity contribution < 1.29 is 19.4 Å². The SMILES string of the molecule is O=C(O)c1ccc(C(=O)OC2CCCCC2)cc1. The van der Waals surface area contributed by atoms with Gasteiger partial charge in [-0.3, -0.25) is 0 Å². The first kappa shape index (κ1) is 12.6. The second-order valence-electron chi connectivity index (χ2n) is 4.55. The van der Waals surface area contributed by atoms with E-state index in [-0.39, 0.29) is 17.6 Å². The van der Waals surface area contributed by atoms with Crippen molar-refractivity contribution in [2.45, 2.75) is 38.2 Å². The van der Waals surface area contributed by atoms with E-state index in [2.05, 4.69) is 0 Å². The summed E-state index contributed by atoms with van der Waals surface area (Å²) >= 11 is 0. The first-order chi connectivity index (χ1) is 8.66. The Morgan fingerprint density at radius 3 is 2.11 bits per heavy atom. The predicted octanol–water partition coefficient (Wildman–Crippen LogP) is 2.87.